The van der Waals surface area contributed by atoms with Crippen molar-refractivity contribution in [1.82, 2.24) is 0 Å². The molecule has 0 saturated heterocycles. The van der Waals surface area contributed by atoms with Crippen LogP contribution in [-0.4, -0.2) is 43.6 Å². The molecule has 0 radical (unpaired) electrons. The van der Waals surface area contributed by atoms with Gasteiger partial charge in [0.15, 0.2) is 0 Å². The van der Waals surface area contributed by atoms with Gasteiger partial charge in [-0.25, -0.2) is 9.47 Å². The minimum absolute atomic E-state index is 0.0797. The molecule has 0 aliphatic rings. The zero-order valence-electron chi connectivity index (χ0n) is 18.2. The van der Waals surface area contributed by atoms with Gasteiger partial charge in [-0.2, -0.15) is 43.9 Å². The van der Waals surface area contributed by atoms with Gasteiger partial charge >= 0.3 is 36.5 Å². The van der Waals surface area contributed by atoms with Crippen molar-refractivity contribution in [1.29, 1.82) is 0 Å². The van der Waals surface area contributed by atoms with Crippen LogP contribution in [0.4, 0.5) is 62.8 Å². The monoisotopic (exact) mass is 577 g/mol. The molecule has 0 aliphatic heterocycles. The molecule has 0 spiro atoms. The molecule has 1 amide bonds. The summed E-state index contributed by atoms with van der Waals surface area (Å²) in [6.07, 6.45) is -28.0. The molecule has 212 valence electrons. The fraction of sp³-hybridized carbons (Fsp3) is 0.350. The van der Waals surface area contributed by atoms with Crippen molar-refractivity contribution in [3.05, 3.63) is 59.7 Å². The molecule has 0 fully saturated rings. The van der Waals surface area contributed by atoms with Crippen LogP contribution in [0.15, 0.2) is 48.5 Å². The molecule has 0 unspecified atom stereocenters. The van der Waals surface area contributed by atoms with Crippen LogP contribution in [0.5, 0.6) is 5.75 Å². The van der Waals surface area contributed by atoms with Crippen LogP contribution in [0.2, 0.25) is 0 Å². The summed E-state index contributed by atoms with van der Waals surface area (Å²) >= 11 is 0. The highest BCUT2D eigenvalue weighted by molar-refractivity contribution is 6.04. The van der Waals surface area contributed by atoms with E-state index in [2.05, 4.69) is 0 Å². The van der Waals surface area contributed by atoms with E-state index in [9.17, 15) is 61.9 Å². The Kier molecular flexibility index (Phi) is 8.24. The Morgan fingerprint density at radius 1 is 0.711 bits per heavy atom. The number of amides is 1. The predicted octanol–water partition coefficient (Wildman–Crippen LogP) is 7.01. The first-order valence-electron chi connectivity index (χ1n) is 9.48. The Labute approximate surface area is 203 Å². The second-order valence-corrected chi connectivity index (χ2v) is 7.11. The Morgan fingerprint density at radius 3 is 1.74 bits per heavy atom. The zero-order valence-corrected chi connectivity index (χ0v) is 18.2. The number of hydrogen-bond donors (Lipinski definition) is 1. The van der Waals surface area contributed by atoms with Crippen LogP contribution in [-0.2, 0) is 15.4 Å². The van der Waals surface area contributed by atoms with Crippen molar-refractivity contribution < 1.29 is 76.1 Å². The molecule has 2 aromatic carbocycles. The van der Waals surface area contributed by atoms with Gasteiger partial charge in [-0.1, -0.05) is 12.1 Å². The first-order chi connectivity index (χ1) is 17.1. The average Bonchev–Trinajstić information content (AvgIpc) is 2.76. The van der Waals surface area contributed by atoms with Gasteiger partial charge in [-0.3, -0.25) is 4.79 Å². The van der Waals surface area contributed by atoms with Crippen molar-refractivity contribution in [2.45, 2.75) is 36.5 Å². The highest BCUT2D eigenvalue weighted by Crippen LogP contribution is 2.54. The van der Waals surface area contributed by atoms with E-state index in [1.807, 2.05) is 10.1 Å². The van der Waals surface area contributed by atoms with Crippen LogP contribution < -0.4 is 10.1 Å². The molecule has 0 atom stereocenters. The van der Waals surface area contributed by atoms with Gasteiger partial charge in [0, 0.05) is 16.8 Å². The summed E-state index contributed by atoms with van der Waals surface area (Å²) in [4.78, 5) is 12.2. The number of nitrogens with one attached hydrogen (secondary N) is 1. The number of halogens is 13. The Hall–Kier alpha value is -3.28. The highest BCUT2D eigenvalue weighted by atomic mass is 19.4. The fourth-order valence-electron chi connectivity index (χ4n) is 2.57. The van der Waals surface area contributed by atoms with Crippen molar-refractivity contribution in [3.8, 4) is 5.75 Å². The molecule has 18 heteroatoms. The molecule has 38 heavy (non-hydrogen) atoms. The van der Waals surface area contributed by atoms with Crippen molar-refractivity contribution in [2.75, 3.05) is 12.4 Å². The van der Waals surface area contributed by atoms with Gasteiger partial charge in [-0.05, 0) is 36.4 Å². The van der Waals surface area contributed by atoms with Gasteiger partial charge in [0.1, 0.15) is 5.75 Å². The minimum Gasteiger partial charge on any atom is -0.497 e. The number of ether oxygens (including phenoxy) is 3. The number of carbonyl (C=O) groups excluding carboxylic acids is 1. The molecule has 0 aromatic heterocycles. The second-order valence-electron chi connectivity index (χ2n) is 7.11. The van der Waals surface area contributed by atoms with E-state index in [4.69, 9.17) is 4.74 Å². The molecule has 0 saturated carbocycles. The van der Waals surface area contributed by atoms with E-state index < -0.39 is 53.7 Å². The number of carbonyl (C=O) groups is 1. The summed E-state index contributed by atoms with van der Waals surface area (Å²) in [7, 11) is 1.30. The summed E-state index contributed by atoms with van der Waals surface area (Å²) in [6.45, 7) is 0. The normalized spacial score (nSPS) is 13.8. The van der Waals surface area contributed by atoms with Gasteiger partial charge in [0.05, 0.1) is 7.11 Å². The van der Waals surface area contributed by atoms with Gasteiger partial charge in [-0.15, -0.1) is 13.2 Å². The van der Waals surface area contributed by atoms with Crippen molar-refractivity contribution in [2.24, 2.45) is 0 Å². The summed E-state index contributed by atoms with van der Waals surface area (Å²) in [5, 5.41) is 1.98. The lowest BCUT2D eigenvalue weighted by molar-refractivity contribution is -0.535. The fourth-order valence-corrected chi connectivity index (χ4v) is 2.57. The number of methoxy groups -OCH3 is 1. The van der Waals surface area contributed by atoms with Crippen LogP contribution in [0.1, 0.15) is 15.9 Å². The third-order valence-corrected chi connectivity index (χ3v) is 4.43. The van der Waals surface area contributed by atoms with Crippen LogP contribution >= 0.6 is 0 Å². The summed E-state index contributed by atoms with van der Waals surface area (Å²) < 4.78 is 181. The Morgan fingerprint density at radius 2 is 1.24 bits per heavy atom. The molecule has 0 bridgehead atoms. The van der Waals surface area contributed by atoms with Crippen molar-refractivity contribution >= 4 is 11.6 Å². The lowest BCUT2D eigenvalue weighted by Gasteiger charge is -2.35. The molecule has 2 rings (SSSR count). The SMILES string of the molecule is COc1ccc(C(=O)Nc2cccc(C(F)(F)C(F)(F)OC(F)(F)C(F)(F)C(F)(F)OC(F)(F)F)c2)cc1. The maximum absolute atomic E-state index is 14.4. The standard InChI is InChI=1S/C20H12F13NO4/c1-36-13-7-5-10(6-8-13)14(35)34-12-4-2-3-11(9-12)15(21,22)17(25,26)37-18(27,28)16(23,24)19(29,30)38-20(31,32)33/h2-9H,1H3,(H,34,35). The summed E-state index contributed by atoms with van der Waals surface area (Å²) in [5.41, 5.74) is -2.70. The van der Waals surface area contributed by atoms with Gasteiger partial charge < -0.3 is 10.1 Å². The lowest BCUT2D eigenvalue weighted by Crippen LogP contribution is -2.61. The van der Waals surface area contributed by atoms with E-state index in [1.165, 1.54) is 31.4 Å². The van der Waals surface area contributed by atoms with Gasteiger partial charge in [0.2, 0.25) is 0 Å². The Balaban J connectivity index is 2.31. The van der Waals surface area contributed by atoms with Crippen LogP contribution in [0.25, 0.3) is 0 Å². The summed E-state index contributed by atoms with van der Waals surface area (Å²) in [6, 6.07) is 6.70. The van der Waals surface area contributed by atoms with E-state index in [1.54, 1.807) is 4.74 Å². The average molecular weight is 577 g/mol. The number of rotatable bonds is 10. The van der Waals surface area contributed by atoms with E-state index in [-0.39, 0.29) is 17.7 Å². The molecular formula is C20H12F13NO4. The maximum Gasteiger partial charge on any atom is 0.527 e. The molecular weight excluding hydrogens is 565 g/mol. The van der Waals surface area contributed by atoms with Crippen LogP contribution in [0, 0.1) is 0 Å². The summed E-state index contributed by atoms with van der Waals surface area (Å²) in [5.74, 6) is -14.2. The van der Waals surface area contributed by atoms with Gasteiger partial charge in [0.25, 0.3) is 5.91 Å². The third kappa shape index (κ3) is 6.40. The third-order valence-electron chi connectivity index (χ3n) is 4.43. The smallest absolute Gasteiger partial charge is 0.497 e. The zero-order chi connectivity index (χ0) is 29.4. The molecule has 0 aliphatic carbocycles. The quantitative estimate of drug-likeness (QED) is 0.309. The topological polar surface area (TPSA) is 56.8 Å². The molecule has 0 heterocycles. The number of alkyl halides is 13. The number of anilines is 1. The first kappa shape index (κ1) is 30.9. The van der Waals surface area contributed by atoms with Crippen LogP contribution in [0.3, 0.4) is 0 Å². The molecule has 2 aromatic rings. The second kappa shape index (κ2) is 10.1. The first-order valence-corrected chi connectivity index (χ1v) is 9.48. The largest absolute Gasteiger partial charge is 0.527 e. The van der Waals surface area contributed by atoms with E-state index in [0.717, 1.165) is 6.07 Å². The number of benzene rings is 2. The molecule has 1 N–H and O–H groups in total. The van der Waals surface area contributed by atoms with E-state index >= 15 is 0 Å². The maximum atomic E-state index is 14.4. The predicted molar refractivity (Wildman–Crippen MR) is 99.3 cm³/mol. The van der Waals surface area contributed by atoms with Crippen molar-refractivity contribution in [3.63, 3.8) is 0 Å². The molecule has 5 nitrogen and oxygen atoms in total. The number of hydrogen-bond acceptors (Lipinski definition) is 4. The minimum atomic E-state index is -7.52. The lowest BCUT2D eigenvalue weighted by atomic mass is 10.1. The van der Waals surface area contributed by atoms with E-state index in [0.29, 0.717) is 11.8 Å². The Bertz CT molecular complexity index is 1130. The highest BCUT2D eigenvalue weighted by Gasteiger charge is 2.80.